The van der Waals surface area contributed by atoms with Gasteiger partial charge in [-0.25, -0.2) is 0 Å². The molecule has 1 aliphatic carbocycles. The minimum atomic E-state index is -0.0807. The normalized spacial score (nSPS) is 14.4. The van der Waals surface area contributed by atoms with Gasteiger partial charge in [0.1, 0.15) is 0 Å². The Hall–Kier alpha value is -1.97. The second-order valence-corrected chi connectivity index (χ2v) is 4.83. The number of rotatable bonds is 2. The van der Waals surface area contributed by atoms with Gasteiger partial charge in [-0.15, -0.1) is 0 Å². The first kappa shape index (κ1) is 11.1. The molecular weight excluding hydrogens is 228 g/mol. The van der Waals surface area contributed by atoms with Crippen LogP contribution in [0.4, 0.5) is 0 Å². The predicted molar refractivity (Wildman–Crippen MR) is 67.8 cm³/mol. The van der Waals surface area contributed by atoms with Crippen molar-refractivity contribution in [3.8, 4) is 11.5 Å². The molecule has 0 atom stereocenters. The van der Waals surface area contributed by atoms with E-state index in [4.69, 9.17) is 0 Å². The lowest BCUT2D eigenvalue weighted by Crippen LogP contribution is -2.02. The van der Waals surface area contributed by atoms with Gasteiger partial charge in [-0.05, 0) is 48.9 Å². The maximum absolute atomic E-state index is 9.49. The van der Waals surface area contributed by atoms with Gasteiger partial charge in [0, 0.05) is 12.1 Å². The summed E-state index contributed by atoms with van der Waals surface area (Å²) in [6.07, 6.45) is 5.32. The Balaban J connectivity index is 1.88. The number of benzene rings is 1. The molecular formula is C14H16N2O2. The molecule has 0 saturated heterocycles. The maximum Gasteiger partial charge on any atom is 0.157 e. The van der Waals surface area contributed by atoms with Gasteiger partial charge in [-0.1, -0.05) is 6.07 Å². The van der Waals surface area contributed by atoms with Crippen LogP contribution in [-0.2, 0) is 19.3 Å². The lowest BCUT2D eigenvalue weighted by Gasteiger charge is -2.11. The number of aromatic amines is 1. The van der Waals surface area contributed by atoms with Gasteiger partial charge in [0.2, 0.25) is 0 Å². The summed E-state index contributed by atoms with van der Waals surface area (Å²) in [5.74, 6) is -0.153. The molecule has 18 heavy (non-hydrogen) atoms. The minimum absolute atomic E-state index is 0.0723. The maximum atomic E-state index is 9.49. The molecule has 94 valence electrons. The van der Waals surface area contributed by atoms with Crippen LogP contribution in [0, 0.1) is 0 Å². The van der Waals surface area contributed by atoms with Gasteiger partial charge in [-0.2, -0.15) is 5.10 Å². The molecule has 0 aliphatic heterocycles. The van der Waals surface area contributed by atoms with Crippen LogP contribution in [0.5, 0.6) is 11.5 Å². The molecule has 3 N–H and O–H groups in total. The quantitative estimate of drug-likeness (QED) is 0.710. The Morgan fingerprint density at radius 1 is 1.11 bits per heavy atom. The lowest BCUT2D eigenvalue weighted by molar-refractivity contribution is 0.403. The van der Waals surface area contributed by atoms with Crippen LogP contribution in [0.3, 0.4) is 0 Å². The number of fused-ring (bicyclic) bond motifs is 1. The fourth-order valence-corrected chi connectivity index (χ4v) is 2.57. The highest BCUT2D eigenvalue weighted by Gasteiger charge is 2.17. The molecule has 1 aromatic heterocycles. The molecule has 0 amide bonds. The molecule has 0 fully saturated rings. The molecule has 4 heteroatoms. The van der Waals surface area contributed by atoms with Crippen LogP contribution in [0.2, 0.25) is 0 Å². The van der Waals surface area contributed by atoms with E-state index in [2.05, 4.69) is 10.2 Å². The molecule has 0 spiro atoms. The largest absolute Gasteiger partial charge is 0.504 e. The average molecular weight is 244 g/mol. The van der Waals surface area contributed by atoms with Gasteiger partial charge in [0.15, 0.2) is 11.5 Å². The predicted octanol–water partition coefficient (Wildman–Crippen LogP) is 2.29. The molecule has 3 rings (SSSR count). The second kappa shape index (κ2) is 4.37. The summed E-state index contributed by atoms with van der Waals surface area (Å²) in [6, 6.07) is 4.93. The first-order valence-electron chi connectivity index (χ1n) is 6.30. The van der Waals surface area contributed by atoms with Crippen LogP contribution < -0.4 is 0 Å². The average Bonchev–Trinajstić information content (AvgIpc) is 2.78. The molecule has 0 unspecified atom stereocenters. The van der Waals surface area contributed by atoms with Crippen LogP contribution in [-0.4, -0.2) is 20.4 Å². The Morgan fingerprint density at radius 3 is 2.78 bits per heavy atom. The zero-order valence-corrected chi connectivity index (χ0v) is 10.1. The molecule has 4 nitrogen and oxygen atoms in total. The van der Waals surface area contributed by atoms with Crippen molar-refractivity contribution in [2.45, 2.75) is 32.1 Å². The van der Waals surface area contributed by atoms with Crippen molar-refractivity contribution < 1.29 is 10.2 Å². The Labute approximate surface area is 105 Å². The van der Waals surface area contributed by atoms with Crippen molar-refractivity contribution in [2.75, 3.05) is 0 Å². The number of phenols is 2. The zero-order chi connectivity index (χ0) is 12.5. The Kier molecular flexibility index (Phi) is 2.70. The number of nitrogens with one attached hydrogen (secondary N) is 1. The zero-order valence-electron chi connectivity index (χ0n) is 10.1. The molecule has 1 aliphatic rings. The van der Waals surface area contributed by atoms with E-state index in [1.54, 1.807) is 6.07 Å². The van der Waals surface area contributed by atoms with E-state index in [0.717, 1.165) is 24.1 Å². The van der Waals surface area contributed by atoms with E-state index in [0.29, 0.717) is 6.42 Å². The number of hydrogen-bond donors (Lipinski definition) is 3. The lowest BCUT2D eigenvalue weighted by atomic mass is 9.94. The summed E-state index contributed by atoms with van der Waals surface area (Å²) in [4.78, 5) is 0. The van der Waals surface area contributed by atoms with E-state index in [9.17, 15) is 10.2 Å². The van der Waals surface area contributed by atoms with Gasteiger partial charge in [0.25, 0.3) is 0 Å². The second-order valence-electron chi connectivity index (χ2n) is 4.83. The number of aromatic nitrogens is 2. The summed E-state index contributed by atoms with van der Waals surface area (Å²) < 4.78 is 0. The summed E-state index contributed by atoms with van der Waals surface area (Å²) in [5, 5.41) is 26.3. The summed E-state index contributed by atoms with van der Waals surface area (Å²) in [5.41, 5.74) is 4.63. The summed E-state index contributed by atoms with van der Waals surface area (Å²) in [6.45, 7) is 0. The van der Waals surface area contributed by atoms with E-state index in [-0.39, 0.29) is 11.5 Å². The summed E-state index contributed by atoms with van der Waals surface area (Å²) in [7, 11) is 0. The van der Waals surface area contributed by atoms with Crippen molar-refractivity contribution in [2.24, 2.45) is 0 Å². The highest BCUT2D eigenvalue weighted by molar-refractivity contribution is 5.42. The molecule has 1 heterocycles. The van der Waals surface area contributed by atoms with Crippen LogP contribution in [0.1, 0.15) is 35.4 Å². The number of H-pyrrole nitrogens is 1. The Morgan fingerprint density at radius 2 is 1.94 bits per heavy atom. The molecule has 1 aromatic carbocycles. The van der Waals surface area contributed by atoms with Gasteiger partial charge >= 0.3 is 0 Å². The SMILES string of the molecule is Oc1ccc(Cc2n[nH]c3c2CCCC3)cc1O. The van der Waals surface area contributed by atoms with Gasteiger partial charge < -0.3 is 10.2 Å². The van der Waals surface area contributed by atoms with E-state index in [1.807, 2.05) is 6.07 Å². The van der Waals surface area contributed by atoms with Crippen LogP contribution in [0.15, 0.2) is 18.2 Å². The number of nitrogens with zero attached hydrogens (tertiary/aromatic N) is 1. The minimum Gasteiger partial charge on any atom is -0.504 e. The fraction of sp³-hybridized carbons (Fsp3) is 0.357. The molecule has 0 saturated carbocycles. The van der Waals surface area contributed by atoms with Gasteiger partial charge in [-0.3, -0.25) is 5.10 Å². The third-order valence-electron chi connectivity index (χ3n) is 3.55. The monoisotopic (exact) mass is 244 g/mol. The topological polar surface area (TPSA) is 69.1 Å². The van der Waals surface area contributed by atoms with Crippen LogP contribution >= 0.6 is 0 Å². The van der Waals surface area contributed by atoms with Crippen molar-refractivity contribution in [3.05, 3.63) is 40.7 Å². The third kappa shape index (κ3) is 1.94. The van der Waals surface area contributed by atoms with Crippen molar-refractivity contribution in [3.63, 3.8) is 0 Å². The van der Waals surface area contributed by atoms with E-state index in [1.165, 1.54) is 30.2 Å². The molecule has 2 aromatic rings. The van der Waals surface area contributed by atoms with Crippen molar-refractivity contribution >= 4 is 0 Å². The highest BCUT2D eigenvalue weighted by Crippen LogP contribution is 2.28. The first-order valence-corrected chi connectivity index (χ1v) is 6.30. The van der Waals surface area contributed by atoms with Gasteiger partial charge in [0.05, 0.1) is 5.69 Å². The smallest absolute Gasteiger partial charge is 0.157 e. The molecule has 0 radical (unpaired) electrons. The van der Waals surface area contributed by atoms with E-state index >= 15 is 0 Å². The van der Waals surface area contributed by atoms with Crippen molar-refractivity contribution in [1.82, 2.24) is 10.2 Å². The van der Waals surface area contributed by atoms with E-state index < -0.39 is 0 Å². The van der Waals surface area contributed by atoms with Crippen molar-refractivity contribution in [1.29, 1.82) is 0 Å². The third-order valence-corrected chi connectivity index (χ3v) is 3.55. The number of hydrogen-bond acceptors (Lipinski definition) is 3. The Bertz CT molecular complexity index is 575. The number of phenolic OH excluding ortho intramolecular Hbond substituents is 2. The number of aromatic hydroxyl groups is 2. The highest BCUT2D eigenvalue weighted by atomic mass is 16.3. The standard InChI is InChI=1S/C14H16N2O2/c17-13-6-5-9(8-14(13)18)7-12-10-3-1-2-4-11(10)15-16-12/h5-6,8,17-18H,1-4,7H2,(H,15,16). The van der Waals surface area contributed by atoms with Crippen LogP contribution in [0.25, 0.3) is 0 Å². The summed E-state index contributed by atoms with van der Waals surface area (Å²) >= 11 is 0. The first-order chi connectivity index (χ1) is 8.74. The number of aryl methyl sites for hydroxylation is 1. The fourth-order valence-electron chi connectivity index (χ4n) is 2.57. The molecule has 0 bridgehead atoms.